The summed E-state index contributed by atoms with van der Waals surface area (Å²) in [6, 6.07) is 9.91. The third-order valence-electron chi connectivity index (χ3n) is 7.07. The van der Waals surface area contributed by atoms with Gasteiger partial charge < -0.3 is 25.5 Å². The monoisotopic (exact) mass is 544 g/mol. The quantitative estimate of drug-likeness (QED) is 0.355. The summed E-state index contributed by atoms with van der Waals surface area (Å²) in [5.41, 5.74) is 2.48. The summed E-state index contributed by atoms with van der Waals surface area (Å²) in [5.74, 6) is -3.50. The molecule has 3 amide bonds. The molecule has 0 radical (unpaired) electrons. The van der Waals surface area contributed by atoms with Crippen molar-refractivity contribution in [3.63, 3.8) is 0 Å². The van der Waals surface area contributed by atoms with E-state index in [9.17, 15) is 28.3 Å². The first-order chi connectivity index (χ1) is 18.5. The third-order valence-corrected chi connectivity index (χ3v) is 7.07. The van der Waals surface area contributed by atoms with Gasteiger partial charge in [0, 0.05) is 32.7 Å². The molecule has 0 aromatic heterocycles. The predicted octanol–water partition coefficient (Wildman–Crippen LogP) is 2.03. The van der Waals surface area contributed by atoms with Crippen molar-refractivity contribution in [1.29, 1.82) is 0 Å². The number of carbonyl (C=O) groups is 3. The molecule has 3 rings (SSSR count). The number of halogens is 2. The smallest absolute Gasteiger partial charge is 0.312 e. The van der Waals surface area contributed by atoms with E-state index >= 15 is 0 Å². The van der Waals surface area contributed by atoms with Crippen LogP contribution in [-0.4, -0.2) is 77.5 Å². The van der Waals surface area contributed by atoms with Crippen molar-refractivity contribution in [1.82, 2.24) is 20.4 Å². The van der Waals surface area contributed by atoms with Gasteiger partial charge in [0.2, 0.25) is 5.91 Å². The van der Waals surface area contributed by atoms with Crippen LogP contribution >= 0.6 is 0 Å². The fraction of sp³-hybridized carbons (Fsp3) is 0.483. The number of aryl methyl sites for hydroxylation is 1. The van der Waals surface area contributed by atoms with Gasteiger partial charge in [-0.25, -0.2) is 8.78 Å². The topological polar surface area (TPSA) is 102 Å². The first-order valence-corrected chi connectivity index (χ1v) is 13.3. The van der Waals surface area contributed by atoms with Crippen LogP contribution in [0.15, 0.2) is 42.5 Å². The molecule has 39 heavy (non-hydrogen) atoms. The molecule has 10 heteroatoms. The maximum Gasteiger partial charge on any atom is 0.312 e. The van der Waals surface area contributed by atoms with E-state index in [0.717, 1.165) is 30.2 Å². The zero-order chi connectivity index (χ0) is 28.7. The molecule has 0 saturated carbocycles. The maximum absolute atomic E-state index is 13.8. The summed E-state index contributed by atoms with van der Waals surface area (Å²) < 4.78 is 27.7. The minimum Gasteiger partial charge on any atom is -0.390 e. The first kappa shape index (κ1) is 30.2. The summed E-state index contributed by atoms with van der Waals surface area (Å²) >= 11 is 0. The van der Waals surface area contributed by atoms with Crippen LogP contribution in [-0.2, 0) is 33.8 Å². The highest BCUT2D eigenvalue weighted by Gasteiger charge is 2.39. The molecule has 2 aromatic carbocycles. The van der Waals surface area contributed by atoms with Gasteiger partial charge in [-0.3, -0.25) is 14.4 Å². The number of amides is 3. The molecular weight excluding hydrogens is 506 g/mol. The number of nitrogens with zero attached hydrogens (tertiary/aromatic N) is 2. The Morgan fingerprint density at radius 2 is 1.72 bits per heavy atom. The van der Waals surface area contributed by atoms with Gasteiger partial charge in [-0.05, 0) is 47.6 Å². The Morgan fingerprint density at radius 3 is 2.36 bits per heavy atom. The van der Waals surface area contributed by atoms with Crippen molar-refractivity contribution in [2.45, 2.75) is 58.3 Å². The average molecular weight is 545 g/mol. The van der Waals surface area contributed by atoms with E-state index in [0.29, 0.717) is 6.54 Å². The first-order valence-electron chi connectivity index (χ1n) is 13.3. The highest BCUT2D eigenvalue weighted by molar-refractivity contribution is 6.35. The van der Waals surface area contributed by atoms with E-state index in [4.69, 9.17) is 0 Å². The molecule has 1 heterocycles. The summed E-state index contributed by atoms with van der Waals surface area (Å²) in [4.78, 5) is 40.6. The van der Waals surface area contributed by atoms with Crippen LogP contribution in [0.3, 0.4) is 0 Å². The van der Waals surface area contributed by atoms with Gasteiger partial charge in [0.15, 0.2) is 0 Å². The lowest BCUT2D eigenvalue weighted by molar-refractivity contribution is -0.159. The Balaban J connectivity index is 1.69. The number of aliphatic hydroxyl groups is 1. The molecule has 1 fully saturated rings. The Labute approximate surface area is 228 Å². The van der Waals surface area contributed by atoms with Crippen LogP contribution in [0.1, 0.15) is 37.5 Å². The number of carbonyl (C=O) groups excluding carboxylic acids is 3. The van der Waals surface area contributed by atoms with Crippen LogP contribution in [0.2, 0.25) is 0 Å². The SMILES string of the molecule is CCc1cccc(CNC[C@H](O)[C@H](Cc2cc(F)cc(F)c2)NC(=O)CN2C[C@H](C(C)C)N(C)C(=O)C2=O)c1. The predicted molar refractivity (Wildman–Crippen MR) is 144 cm³/mol. The average Bonchev–Trinajstić information content (AvgIpc) is 2.87. The zero-order valence-electron chi connectivity index (χ0n) is 22.9. The van der Waals surface area contributed by atoms with E-state index in [-0.39, 0.29) is 43.6 Å². The van der Waals surface area contributed by atoms with Crippen LogP contribution < -0.4 is 10.6 Å². The van der Waals surface area contributed by atoms with Gasteiger partial charge in [0.05, 0.1) is 18.2 Å². The molecule has 1 saturated heterocycles. The molecule has 2 aromatic rings. The van der Waals surface area contributed by atoms with Gasteiger partial charge in [-0.15, -0.1) is 0 Å². The molecule has 1 aliphatic rings. The van der Waals surface area contributed by atoms with E-state index in [1.54, 1.807) is 7.05 Å². The van der Waals surface area contributed by atoms with E-state index in [2.05, 4.69) is 23.6 Å². The second-order valence-corrected chi connectivity index (χ2v) is 10.4. The molecular formula is C29H38F2N4O4. The summed E-state index contributed by atoms with van der Waals surface area (Å²) in [5, 5.41) is 16.9. The van der Waals surface area contributed by atoms with Gasteiger partial charge in [-0.1, -0.05) is 45.0 Å². The summed E-state index contributed by atoms with van der Waals surface area (Å²) in [7, 11) is 1.57. The summed E-state index contributed by atoms with van der Waals surface area (Å²) in [6.45, 7) is 6.33. The molecule has 1 aliphatic heterocycles. The number of benzene rings is 2. The Kier molecular flexibility index (Phi) is 10.5. The largest absolute Gasteiger partial charge is 0.390 e. The number of nitrogens with one attached hydrogen (secondary N) is 2. The van der Waals surface area contributed by atoms with Gasteiger partial charge in [0.25, 0.3) is 0 Å². The Hall–Kier alpha value is -3.37. The van der Waals surface area contributed by atoms with Gasteiger partial charge >= 0.3 is 11.8 Å². The number of hydrogen-bond donors (Lipinski definition) is 3. The summed E-state index contributed by atoms with van der Waals surface area (Å²) in [6.07, 6.45) is -0.254. The molecule has 0 spiro atoms. The molecule has 212 valence electrons. The van der Waals surface area contributed by atoms with Crippen LogP contribution in [0.4, 0.5) is 8.78 Å². The standard InChI is InChI=1S/C29H38F2N4O4/c1-5-19-7-6-8-20(9-19)14-32-15-26(36)24(12-21-10-22(30)13-23(31)11-21)33-27(37)17-35-16-25(18(2)3)34(4)28(38)29(35)39/h6-11,13,18,24-26,32,36H,5,12,14-17H2,1-4H3,(H,33,37)/t24-,25+,26-/m0/s1. The zero-order valence-corrected chi connectivity index (χ0v) is 22.9. The second kappa shape index (κ2) is 13.6. The fourth-order valence-electron chi connectivity index (χ4n) is 4.82. The van der Waals surface area contributed by atoms with Crippen molar-refractivity contribution in [3.8, 4) is 0 Å². The highest BCUT2D eigenvalue weighted by atomic mass is 19.1. The van der Waals surface area contributed by atoms with E-state index in [1.807, 2.05) is 32.0 Å². The second-order valence-electron chi connectivity index (χ2n) is 10.4. The van der Waals surface area contributed by atoms with E-state index in [1.165, 1.54) is 15.4 Å². The van der Waals surface area contributed by atoms with Crippen LogP contribution in [0, 0.1) is 17.6 Å². The minimum absolute atomic E-state index is 0.0428. The number of likely N-dealkylation sites (N-methyl/N-ethyl adjacent to an activating group) is 1. The molecule has 0 bridgehead atoms. The van der Waals surface area contributed by atoms with Crippen LogP contribution in [0.5, 0.6) is 0 Å². The van der Waals surface area contributed by atoms with Crippen molar-refractivity contribution in [3.05, 3.63) is 70.8 Å². The number of rotatable bonds is 12. The van der Waals surface area contributed by atoms with E-state index < -0.39 is 41.5 Å². The lowest BCUT2D eigenvalue weighted by atomic mass is 9.99. The fourth-order valence-corrected chi connectivity index (χ4v) is 4.82. The van der Waals surface area contributed by atoms with Crippen molar-refractivity contribution in [2.75, 3.05) is 26.7 Å². The number of aliphatic hydroxyl groups excluding tert-OH is 1. The lowest BCUT2D eigenvalue weighted by Crippen LogP contribution is -2.61. The third kappa shape index (κ3) is 8.31. The van der Waals surface area contributed by atoms with Crippen molar-refractivity contribution in [2.24, 2.45) is 5.92 Å². The lowest BCUT2D eigenvalue weighted by Gasteiger charge is -2.40. The molecule has 3 atom stereocenters. The van der Waals surface area contributed by atoms with Gasteiger partial charge in [-0.2, -0.15) is 0 Å². The minimum atomic E-state index is -1.11. The number of hydrogen-bond acceptors (Lipinski definition) is 5. The molecule has 3 N–H and O–H groups in total. The van der Waals surface area contributed by atoms with Crippen molar-refractivity contribution >= 4 is 17.7 Å². The van der Waals surface area contributed by atoms with Crippen molar-refractivity contribution < 1.29 is 28.3 Å². The molecule has 0 aliphatic carbocycles. The molecule has 8 nitrogen and oxygen atoms in total. The Morgan fingerprint density at radius 1 is 1.05 bits per heavy atom. The normalized spacial score (nSPS) is 17.5. The van der Waals surface area contributed by atoms with Crippen LogP contribution in [0.25, 0.3) is 0 Å². The number of piperazine rings is 1. The molecule has 0 unspecified atom stereocenters. The van der Waals surface area contributed by atoms with Gasteiger partial charge in [0.1, 0.15) is 18.2 Å². The highest BCUT2D eigenvalue weighted by Crippen LogP contribution is 2.18. The maximum atomic E-state index is 13.8. The Bertz CT molecular complexity index is 1160.